The summed E-state index contributed by atoms with van der Waals surface area (Å²) in [5.41, 5.74) is 0.894. The van der Waals surface area contributed by atoms with Gasteiger partial charge in [-0.1, -0.05) is 37.1 Å². The van der Waals surface area contributed by atoms with Crippen LogP contribution in [0.15, 0.2) is 68.4 Å². The molecule has 0 aromatic heterocycles. The minimum Gasteiger partial charge on any atom is -0.497 e. The molecule has 9 nitrogen and oxygen atoms in total. The van der Waals surface area contributed by atoms with Crippen molar-refractivity contribution < 1.29 is 23.3 Å². The fourth-order valence-corrected chi connectivity index (χ4v) is 7.04. The predicted molar refractivity (Wildman–Crippen MR) is 150 cm³/mol. The van der Waals surface area contributed by atoms with Crippen molar-refractivity contribution in [3.8, 4) is 5.75 Å². The third-order valence-corrected chi connectivity index (χ3v) is 9.24. The maximum Gasteiger partial charge on any atom is 0.185 e. The van der Waals surface area contributed by atoms with Gasteiger partial charge in [-0.3, -0.25) is 20.2 Å². The number of nitrogens with zero attached hydrogens (tertiary/aromatic N) is 4. The lowest BCUT2D eigenvalue weighted by atomic mass is 10.1. The molecule has 2 saturated heterocycles. The summed E-state index contributed by atoms with van der Waals surface area (Å²) in [6, 6.07) is 14.7. The highest BCUT2D eigenvalue weighted by atomic mass is 32.2. The Hall–Kier alpha value is -2.83. The van der Waals surface area contributed by atoms with Gasteiger partial charge in [0.15, 0.2) is 12.5 Å². The third kappa shape index (κ3) is 4.94. The van der Waals surface area contributed by atoms with Crippen LogP contribution in [0.5, 0.6) is 5.75 Å². The van der Waals surface area contributed by atoms with Gasteiger partial charge in [-0.05, 0) is 37.1 Å². The van der Waals surface area contributed by atoms with Gasteiger partial charge in [0.05, 0.1) is 19.6 Å². The highest BCUT2D eigenvalue weighted by Gasteiger charge is 2.56. The van der Waals surface area contributed by atoms with Gasteiger partial charge in [-0.15, -0.1) is 11.8 Å². The number of rotatable bonds is 8. The lowest BCUT2D eigenvalue weighted by molar-refractivity contribution is -0.141. The van der Waals surface area contributed by atoms with E-state index in [0.717, 1.165) is 30.0 Å². The molecule has 210 valence electrons. The Kier molecular flexibility index (Phi) is 7.31. The van der Waals surface area contributed by atoms with E-state index in [4.69, 9.17) is 23.9 Å². The molecule has 2 aromatic rings. The molecule has 0 spiro atoms. The van der Waals surface area contributed by atoms with Crippen molar-refractivity contribution >= 4 is 30.3 Å². The Bertz CT molecular complexity index is 1300. The van der Waals surface area contributed by atoms with Crippen LogP contribution in [0.1, 0.15) is 37.5 Å². The molecular formula is C29H32FN5O4S. The smallest absolute Gasteiger partial charge is 0.185 e. The summed E-state index contributed by atoms with van der Waals surface area (Å²) in [5, 5.41) is 3.67. The van der Waals surface area contributed by atoms with E-state index < -0.39 is 18.6 Å². The lowest BCUT2D eigenvalue weighted by Crippen LogP contribution is -2.52. The highest BCUT2D eigenvalue weighted by Crippen LogP contribution is 2.43. The summed E-state index contributed by atoms with van der Waals surface area (Å²) in [6.45, 7) is 0. The molecule has 7 rings (SSSR count). The SMILES string of the molecule is COc1ccc(C2O[C@@H]3[C@@H](CSc4ccccc4F)OC(N4C=NC5C4=NC=NC5NC4CCCC4)[C@@H]3O2)cc1. The number of methoxy groups -OCH3 is 1. The molecule has 11 heteroatoms. The van der Waals surface area contributed by atoms with Crippen molar-refractivity contribution in [3.05, 3.63) is 59.9 Å². The van der Waals surface area contributed by atoms with Gasteiger partial charge in [-0.25, -0.2) is 9.38 Å². The molecule has 4 aliphatic heterocycles. The average Bonchev–Trinajstić information content (AvgIpc) is 3.78. The van der Waals surface area contributed by atoms with Crippen LogP contribution in [0.4, 0.5) is 4.39 Å². The maximum absolute atomic E-state index is 14.4. The Morgan fingerprint density at radius 1 is 1.02 bits per heavy atom. The predicted octanol–water partition coefficient (Wildman–Crippen LogP) is 4.15. The van der Waals surface area contributed by atoms with Crippen LogP contribution in [0.25, 0.3) is 0 Å². The molecule has 0 bridgehead atoms. The van der Waals surface area contributed by atoms with E-state index in [9.17, 15) is 4.39 Å². The first-order valence-electron chi connectivity index (χ1n) is 13.8. The average molecular weight is 566 g/mol. The van der Waals surface area contributed by atoms with E-state index in [-0.39, 0.29) is 30.2 Å². The van der Waals surface area contributed by atoms with E-state index in [2.05, 4.69) is 15.3 Å². The molecule has 2 aromatic carbocycles. The molecule has 0 amide bonds. The van der Waals surface area contributed by atoms with Gasteiger partial charge in [0.25, 0.3) is 0 Å². The number of aliphatic imine (C=N–C) groups is 3. The van der Waals surface area contributed by atoms with Crippen molar-refractivity contribution in [1.82, 2.24) is 10.2 Å². The van der Waals surface area contributed by atoms with E-state index in [0.29, 0.717) is 16.7 Å². The Morgan fingerprint density at radius 3 is 2.62 bits per heavy atom. The molecule has 4 heterocycles. The second-order valence-corrected chi connectivity index (χ2v) is 11.6. The number of benzene rings is 2. The summed E-state index contributed by atoms with van der Waals surface area (Å²) in [5.74, 6) is 1.81. The number of nitrogens with one attached hydrogen (secondary N) is 1. The van der Waals surface area contributed by atoms with Gasteiger partial charge >= 0.3 is 0 Å². The van der Waals surface area contributed by atoms with Gasteiger partial charge in [0, 0.05) is 22.3 Å². The van der Waals surface area contributed by atoms with Crippen LogP contribution in [-0.4, -0.2) is 79.1 Å². The van der Waals surface area contributed by atoms with Crippen molar-refractivity contribution in [3.63, 3.8) is 0 Å². The second-order valence-electron chi connectivity index (χ2n) is 10.6. The minimum absolute atomic E-state index is 0.158. The number of ether oxygens (including phenoxy) is 4. The van der Waals surface area contributed by atoms with Gasteiger partial charge in [0.1, 0.15) is 48.2 Å². The van der Waals surface area contributed by atoms with Crippen LogP contribution in [0.2, 0.25) is 0 Å². The topological polar surface area (TPSA) is 89.3 Å². The van der Waals surface area contributed by atoms with E-state index in [1.807, 2.05) is 35.2 Å². The van der Waals surface area contributed by atoms with E-state index >= 15 is 0 Å². The zero-order valence-corrected chi connectivity index (χ0v) is 23.0. The zero-order chi connectivity index (χ0) is 27.1. The minimum atomic E-state index is -0.560. The Morgan fingerprint density at radius 2 is 1.82 bits per heavy atom. The van der Waals surface area contributed by atoms with E-state index in [1.165, 1.54) is 30.7 Å². The summed E-state index contributed by atoms with van der Waals surface area (Å²) >= 11 is 1.42. The third-order valence-electron chi connectivity index (χ3n) is 8.11. The molecule has 0 radical (unpaired) electrons. The van der Waals surface area contributed by atoms with Crippen LogP contribution in [-0.2, 0) is 14.2 Å². The first-order valence-corrected chi connectivity index (χ1v) is 14.8. The largest absolute Gasteiger partial charge is 0.497 e. The van der Waals surface area contributed by atoms with Crippen molar-refractivity contribution in [2.75, 3.05) is 12.9 Å². The van der Waals surface area contributed by atoms with Crippen LogP contribution in [0, 0.1) is 5.82 Å². The Balaban J connectivity index is 1.11. The van der Waals surface area contributed by atoms with E-state index in [1.54, 1.807) is 31.9 Å². The first kappa shape index (κ1) is 26.1. The number of halogens is 1. The first-order chi connectivity index (χ1) is 19.7. The summed E-state index contributed by atoms with van der Waals surface area (Å²) in [6.07, 6.45) is 5.92. The van der Waals surface area contributed by atoms with Gasteiger partial charge in [0.2, 0.25) is 0 Å². The van der Waals surface area contributed by atoms with Gasteiger partial charge < -0.3 is 18.9 Å². The summed E-state index contributed by atoms with van der Waals surface area (Å²) in [7, 11) is 1.64. The fraction of sp³-hybridized carbons (Fsp3) is 0.483. The Labute approximate surface area is 236 Å². The number of fused-ring (bicyclic) bond motifs is 2. The molecule has 5 aliphatic rings. The summed E-state index contributed by atoms with van der Waals surface area (Å²) < 4.78 is 39.3. The molecular weight excluding hydrogens is 533 g/mol. The molecule has 40 heavy (non-hydrogen) atoms. The zero-order valence-electron chi connectivity index (χ0n) is 22.1. The monoisotopic (exact) mass is 565 g/mol. The van der Waals surface area contributed by atoms with Crippen LogP contribution in [0.3, 0.4) is 0 Å². The van der Waals surface area contributed by atoms with Crippen molar-refractivity contribution in [2.24, 2.45) is 15.0 Å². The molecule has 4 unspecified atom stereocenters. The van der Waals surface area contributed by atoms with Crippen molar-refractivity contribution in [2.45, 2.75) is 79.7 Å². The standard InChI is InChI=1S/C29H32FN5O4S/c1-36-19-12-10-17(11-13-19)29-38-24-21(14-40-22-9-5-4-8-20(22)30)37-28(25(24)39-29)35-16-33-23-26(31-15-32-27(23)35)34-18-6-2-3-7-18/h4-5,8-13,15-16,18,21,23-26,28-29,34H,2-3,6-7,14H2,1H3/t21-,23?,24-,25-,26?,28?,29?/m1/s1. The molecule has 1 aliphatic carbocycles. The number of amidine groups is 1. The second kappa shape index (κ2) is 11.2. The van der Waals surface area contributed by atoms with Gasteiger partial charge in [-0.2, -0.15) is 0 Å². The number of hydrogen-bond acceptors (Lipinski definition) is 10. The van der Waals surface area contributed by atoms with Crippen LogP contribution >= 0.6 is 11.8 Å². The quantitative estimate of drug-likeness (QED) is 0.481. The molecule has 1 N–H and O–H groups in total. The fourth-order valence-electron chi connectivity index (χ4n) is 6.04. The summed E-state index contributed by atoms with van der Waals surface area (Å²) in [4.78, 5) is 16.6. The maximum atomic E-state index is 14.4. The molecule has 3 fully saturated rings. The molecule has 1 saturated carbocycles. The van der Waals surface area contributed by atoms with Crippen molar-refractivity contribution in [1.29, 1.82) is 0 Å². The molecule has 7 atom stereocenters. The normalized spacial score (nSPS) is 32.9. The highest BCUT2D eigenvalue weighted by molar-refractivity contribution is 7.99. The number of thioether (sulfide) groups is 1. The van der Waals surface area contributed by atoms with Crippen LogP contribution < -0.4 is 10.1 Å². The number of hydrogen-bond donors (Lipinski definition) is 1. The lowest BCUT2D eigenvalue weighted by Gasteiger charge is -2.31.